The molecule has 0 aromatic heterocycles. The van der Waals surface area contributed by atoms with E-state index in [2.05, 4.69) is 4.18 Å². The van der Waals surface area contributed by atoms with Crippen LogP contribution >= 0.6 is 0 Å². The first-order valence-electron chi connectivity index (χ1n) is 3.47. The van der Waals surface area contributed by atoms with Crippen LogP contribution in [0.4, 0.5) is 0 Å². The van der Waals surface area contributed by atoms with Crippen LogP contribution in [0.2, 0.25) is 0 Å². The summed E-state index contributed by atoms with van der Waals surface area (Å²) in [6, 6.07) is 0. The van der Waals surface area contributed by atoms with E-state index in [4.69, 9.17) is 4.55 Å². The summed E-state index contributed by atoms with van der Waals surface area (Å²) in [6.07, 6.45) is 0.157. The van der Waals surface area contributed by atoms with Crippen molar-refractivity contribution >= 4 is 40.0 Å². The Labute approximate surface area is 95.9 Å². The van der Waals surface area contributed by atoms with Crippen LogP contribution in [-0.2, 0) is 14.6 Å². The predicted octanol–water partition coefficient (Wildman–Crippen LogP) is 0.860. The molecule has 0 heterocycles. The van der Waals surface area contributed by atoms with Gasteiger partial charge in [0, 0.05) is 29.6 Å². The minimum Gasteiger partial charge on any atom is -0.264 e. The van der Waals surface area contributed by atoms with Crippen LogP contribution in [0.15, 0.2) is 0 Å². The molecule has 12 heavy (non-hydrogen) atoms. The van der Waals surface area contributed by atoms with Gasteiger partial charge in [0.1, 0.15) is 0 Å². The van der Waals surface area contributed by atoms with Crippen LogP contribution in [0.3, 0.4) is 0 Å². The molecule has 6 heteroatoms. The molecular formula is C6H14NaO4S. The Hall–Kier alpha value is 0.870. The first kappa shape index (κ1) is 15.3. The van der Waals surface area contributed by atoms with Gasteiger partial charge in [-0.1, -0.05) is 13.8 Å². The van der Waals surface area contributed by atoms with E-state index in [1.807, 2.05) is 13.8 Å². The van der Waals surface area contributed by atoms with Crippen LogP contribution < -0.4 is 0 Å². The van der Waals surface area contributed by atoms with Crippen LogP contribution in [0.5, 0.6) is 0 Å². The molecule has 1 atom stereocenters. The van der Waals surface area contributed by atoms with E-state index in [0.717, 1.165) is 0 Å². The summed E-state index contributed by atoms with van der Waals surface area (Å²) in [7, 11) is -4.27. The Morgan fingerprint density at radius 1 is 1.33 bits per heavy atom. The SMILES string of the molecule is CC(C)CC(C)OS(=O)(=O)O.[Na]. The first-order valence-corrected chi connectivity index (χ1v) is 4.83. The van der Waals surface area contributed by atoms with E-state index in [1.165, 1.54) is 0 Å². The molecule has 0 aliphatic heterocycles. The normalized spacial score (nSPS) is 14.1. The molecule has 1 unspecified atom stereocenters. The third-order valence-corrected chi connectivity index (χ3v) is 1.66. The van der Waals surface area contributed by atoms with E-state index in [-0.39, 0.29) is 29.6 Å². The maximum Gasteiger partial charge on any atom is 0.397 e. The fourth-order valence-electron chi connectivity index (χ4n) is 0.911. The summed E-state index contributed by atoms with van der Waals surface area (Å²) >= 11 is 0. The topological polar surface area (TPSA) is 63.6 Å². The van der Waals surface area contributed by atoms with Gasteiger partial charge in [0.15, 0.2) is 0 Å². The average Bonchev–Trinajstić information content (AvgIpc) is 1.53. The number of hydrogen-bond acceptors (Lipinski definition) is 3. The summed E-state index contributed by atoms with van der Waals surface area (Å²) in [4.78, 5) is 0. The zero-order valence-corrected chi connectivity index (χ0v) is 10.8. The van der Waals surface area contributed by atoms with Gasteiger partial charge in [0.2, 0.25) is 0 Å². The zero-order chi connectivity index (χ0) is 9.07. The molecule has 0 aliphatic rings. The van der Waals surface area contributed by atoms with Gasteiger partial charge in [0.25, 0.3) is 0 Å². The van der Waals surface area contributed by atoms with Crippen molar-refractivity contribution in [3.63, 3.8) is 0 Å². The van der Waals surface area contributed by atoms with Crippen molar-refractivity contribution in [2.75, 3.05) is 0 Å². The molecule has 0 saturated carbocycles. The third-order valence-electron chi connectivity index (χ3n) is 1.09. The smallest absolute Gasteiger partial charge is 0.264 e. The minimum atomic E-state index is -4.27. The van der Waals surface area contributed by atoms with Gasteiger partial charge in [-0.25, -0.2) is 4.18 Å². The van der Waals surface area contributed by atoms with E-state index >= 15 is 0 Å². The van der Waals surface area contributed by atoms with Crippen molar-refractivity contribution < 1.29 is 17.2 Å². The van der Waals surface area contributed by atoms with E-state index in [0.29, 0.717) is 12.3 Å². The van der Waals surface area contributed by atoms with Gasteiger partial charge in [0.05, 0.1) is 6.10 Å². The maximum absolute atomic E-state index is 10.2. The van der Waals surface area contributed by atoms with Gasteiger partial charge in [-0.05, 0) is 19.3 Å². The Morgan fingerprint density at radius 3 is 2.00 bits per heavy atom. The molecule has 0 fully saturated rings. The second kappa shape index (κ2) is 6.34. The molecule has 0 spiro atoms. The molecule has 0 saturated heterocycles. The Bertz CT molecular complexity index is 200. The molecule has 4 nitrogen and oxygen atoms in total. The average molecular weight is 205 g/mol. The van der Waals surface area contributed by atoms with Crippen LogP contribution in [0.25, 0.3) is 0 Å². The predicted molar refractivity (Wildman–Crippen MR) is 47.3 cm³/mol. The second-order valence-electron chi connectivity index (χ2n) is 2.96. The van der Waals surface area contributed by atoms with Crippen molar-refractivity contribution in [1.29, 1.82) is 0 Å². The van der Waals surface area contributed by atoms with Crippen LogP contribution in [0, 0.1) is 5.92 Å². The van der Waals surface area contributed by atoms with Crippen LogP contribution in [0.1, 0.15) is 27.2 Å². The van der Waals surface area contributed by atoms with Gasteiger partial charge < -0.3 is 0 Å². The quantitative estimate of drug-likeness (QED) is 0.546. The van der Waals surface area contributed by atoms with Crippen molar-refractivity contribution in [3.8, 4) is 0 Å². The van der Waals surface area contributed by atoms with E-state index < -0.39 is 16.5 Å². The largest absolute Gasteiger partial charge is 0.397 e. The van der Waals surface area contributed by atoms with E-state index in [1.54, 1.807) is 6.92 Å². The van der Waals surface area contributed by atoms with Gasteiger partial charge in [-0.3, -0.25) is 4.55 Å². The molecule has 0 amide bonds. The van der Waals surface area contributed by atoms with Crippen molar-refractivity contribution in [2.45, 2.75) is 33.3 Å². The fraction of sp³-hybridized carbons (Fsp3) is 1.00. The second-order valence-corrected chi connectivity index (χ2v) is 4.01. The van der Waals surface area contributed by atoms with Gasteiger partial charge >= 0.3 is 10.4 Å². The maximum atomic E-state index is 10.2. The molecule has 1 N–H and O–H groups in total. The molecule has 0 aliphatic carbocycles. The number of rotatable bonds is 4. The molecule has 0 aromatic carbocycles. The third kappa shape index (κ3) is 10.9. The number of hydrogen-bond donors (Lipinski definition) is 1. The van der Waals surface area contributed by atoms with E-state index in [9.17, 15) is 8.42 Å². The molecular weight excluding hydrogens is 191 g/mol. The van der Waals surface area contributed by atoms with Crippen molar-refractivity contribution in [3.05, 3.63) is 0 Å². The Balaban J connectivity index is 0. The fourth-order valence-corrected chi connectivity index (χ4v) is 1.40. The molecule has 0 bridgehead atoms. The summed E-state index contributed by atoms with van der Waals surface area (Å²) in [6.45, 7) is 5.50. The standard InChI is InChI=1S/C6H14O4S.Na/c1-5(2)4-6(3)10-11(7,8)9;/h5-6H,4H2,1-3H3,(H,7,8,9);. The Morgan fingerprint density at radius 2 is 1.75 bits per heavy atom. The molecule has 69 valence electrons. The summed E-state index contributed by atoms with van der Waals surface area (Å²) in [5.41, 5.74) is 0. The monoisotopic (exact) mass is 205 g/mol. The molecule has 0 rings (SSSR count). The van der Waals surface area contributed by atoms with Gasteiger partial charge in [-0.15, -0.1) is 0 Å². The molecule has 1 radical (unpaired) electrons. The summed E-state index contributed by atoms with van der Waals surface area (Å²) in [5, 5.41) is 0. The van der Waals surface area contributed by atoms with Crippen molar-refractivity contribution in [1.82, 2.24) is 0 Å². The zero-order valence-electron chi connectivity index (χ0n) is 7.94. The summed E-state index contributed by atoms with van der Waals surface area (Å²) < 4.78 is 32.8. The minimum absolute atomic E-state index is 0. The van der Waals surface area contributed by atoms with Gasteiger partial charge in [-0.2, -0.15) is 8.42 Å². The van der Waals surface area contributed by atoms with Crippen molar-refractivity contribution in [2.24, 2.45) is 5.92 Å². The summed E-state index contributed by atoms with van der Waals surface area (Å²) in [5.74, 6) is 0.353. The first-order chi connectivity index (χ1) is 4.81. The molecule has 0 aromatic rings. The van der Waals surface area contributed by atoms with Crippen LogP contribution in [-0.4, -0.2) is 48.6 Å². The Kier molecular flexibility index (Phi) is 8.11.